The number of ether oxygens (including phenoxy) is 1. The van der Waals surface area contributed by atoms with Crippen LogP contribution in [-0.2, 0) is 17.9 Å². The van der Waals surface area contributed by atoms with Crippen molar-refractivity contribution in [3.63, 3.8) is 0 Å². The molecule has 2 aliphatic heterocycles. The van der Waals surface area contributed by atoms with Gasteiger partial charge in [0.2, 0.25) is 5.91 Å². The maximum atomic E-state index is 13.1. The zero-order valence-corrected chi connectivity index (χ0v) is 24.3. The molecule has 13 heteroatoms. The highest BCUT2D eigenvalue weighted by molar-refractivity contribution is 7.15. The lowest BCUT2D eigenvalue weighted by atomic mass is 9.99. The third-order valence-corrected chi connectivity index (χ3v) is 8.81. The van der Waals surface area contributed by atoms with E-state index in [4.69, 9.17) is 4.74 Å². The van der Waals surface area contributed by atoms with Gasteiger partial charge < -0.3 is 19.5 Å². The predicted octanol–water partition coefficient (Wildman–Crippen LogP) is 1.89. The Morgan fingerprint density at radius 3 is 2.79 bits per heavy atom. The molecule has 0 radical (unpaired) electrons. The van der Waals surface area contributed by atoms with E-state index >= 15 is 0 Å². The van der Waals surface area contributed by atoms with Crippen LogP contribution in [0.2, 0.25) is 0 Å². The Labute approximate surface area is 246 Å². The second kappa shape index (κ2) is 11.9. The molecule has 0 spiro atoms. The van der Waals surface area contributed by atoms with Crippen LogP contribution in [0, 0.1) is 5.92 Å². The summed E-state index contributed by atoms with van der Waals surface area (Å²) in [6.07, 6.45) is 5.71. The Kier molecular flexibility index (Phi) is 7.85. The van der Waals surface area contributed by atoms with E-state index in [1.54, 1.807) is 37.8 Å². The summed E-state index contributed by atoms with van der Waals surface area (Å²) in [5.74, 6) is 0.313. The van der Waals surface area contributed by atoms with Crippen LogP contribution in [0.4, 0.5) is 0 Å². The Bertz CT molecular complexity index is 1660. The van der Waals surface area contributed by atoms with E-state index in [9.17, 15) is 14.4 Å². The van der Waals surface area contributed by atoms with Crippen LogP contribution in [0.25, 0.3) is 10.6 Å². The summed E-state index contributed by atoms with van der Waals surface area (Å²) in [5.41, 5.74) is 1.25. The molecule has 5 heterocycles. The van der Waals surface area contributed by atoms with Crippen LogP contribution in [0.3, 0.4) is 0 Å². The first-order chi connectivity index (χ1) is 20.4. The number of likely N-dealkylation sites (N-methyl/N-ethyl adjacent to an activating group) is 1. The largest absolute Gasteiger partial charge is 0.496 e. The smallest absolute Gasteiger partial charge is 0.263 e. The van der Waals surface area contributed by atoms with Gasteiger partial charge in [0.1, 0.15) is 22.0 Å². The minimum Gasteiger partial charge on any atom is -0.496 e. The molecule has 2 amide bonds. The predicted molar refractivity (Wildman–Crippen MR) is 156 cm³/mol. The van der Waals surface area contributed by atoms with Gasteiger partial charge in [0.05, 0.1) is 31.5 Å². The fourth-order valence-corrected chi connectivity index (χ4v) is 6.63. The molecular formula is C29H32N8O4S. The molecule has 0 unspecified atom stereocenters. The first kappa shape index (κ1) is 27.8. The van der Waals surface area contributed by atoms with Crippen LogP contribution in [-0.4, -0.2) is 86.5 Å². The normalized spacial score (nSPS) is 19.9. The van der Waals surface area contributed by atoms with Crippen LogP contribution in [0.15, 0.2) is 59.8 Å². The molecule has 1 aromatic carbocycles. The molecule has 42 heavy (non-hydrogen) atoms. The number of nitrogens with one attached hydrogen (secondary N) is 1. The van der Waals surface area contributed by atoms with Crippen LogP contribution in [0.1, 0.15) is 33.4 Å². The quantitative estimate of drug-likeness (QED) is 0.383. The van der Waals surface area contributed by atoms with E-state index < -0.39 is 0 Å². The van der Waals surface area contributed by atoms with Gasteiger partial charge in [-0.2, -0.15) is 0 Å². The average Bonchev–Trinajstić information content (AvgIpc) is 3.74. The second-order valence-electron chi connectivity index (χ2n) is 10.7. The molecule has 6 rings (SSSR count). The molecule has 4 aromatic rings. The number of benzene rings is 1. The van der Waals surface area contributed by atoms with Gasteiger partial charge in [-0.15, -0.1) is 16.4 Å². The van der Waals surface area contributed by atoms with E-state index in [1.165, 1.54) is 15.5 Å². The molecule has 12 nitrogen and oxygen atoms in total. The van der Waals surface area contributed by atoms with Gasteiger partial charge in [0.25, 0.3) is 11.5 Å². The molecule has 2 aliphatic rings. The molecule has 0 aliphatic carbocycles. The summed E-state index contributed by atoms with van der Waals surface area (Å²) in [6.45, 7) is 2.87. The maximum Gasteiger partial charge on any atom is 0.263 e. The van der Waals surface area contributed by atoms with Crippen molar-refractivity contribution in [1.82, 2.24) is 39.7 Å². The molecule has 4 bridgehead atoms. The van der Waals surface area contributed by atoms with Gasteiger partial charge in [0, 0.05) is 69.4 Å². The number of amides is 2. The van der Waals surface area contributed by atoms with E-state index in [2.05, 4.69) is 25.5 Å². The number of nitrogens with zero attached hydrogens (tertiary/aromatic N) is 7. The molecular weight excluding hydrogens is 556 g/mol. The highest BCUT2D eigenvalue weighted by Crippen LogP contribution is 2.35. The van der Waals surface area contributed by atoms with Crippen molar-refractivity contribution >= 4 is 23.2 Å². The summed E-state index contributed by atoms with van der Waals surface area (Å²) in [6, 6.07) is 11.0. The number of likely N-dealkylation sites (tertiary alicyclic amines) is 1. The SMILES string of the molecule is COc1ccccc1-c1ncc(CN2C[C@@H]3CC(=O)NCCN(C)C(=O)c4cccn(c4=O)Cc4cn(nn4)[C@@H]3C2)s1. The second-order valence-corrected chi connectivity index (χ2v) is 11.8. The monoisotopic (exact) mass is 588 g/mol. The van der Waals surface area contributed by atoms with Gasteiger partial charge in [-0.3, -0.25) is 19.3 Å². The van der Waals surface area contributed by atoms with Crippen molar-refractivity contribution < 1.29 is 14.3 Å². The van der Waals surface area contributed by atoms with E-state index in [-0.39, 0.29) is 41.4 Å². The molecule has 1 saturated heterocycles. The van der Waals surface area contributed by atoms with Crippen LogP contribution in [0.5, 0.6) is 5.75 Å². The number of aromatic nitrogens is 5. The number of methoxy groups -OCH3 is 1. The van der Waals surface area contributed by atoms with Crippen molar-refractivity contribution in [2.24, 2.45) is 5.92 Å². The summed E-state index contributed by atoms with van der Waals surface area (Å²) in [5, 5.41) is 12.6. The topological polar surface area (TPSA) is 127 Å². The lowest BCUT2D eigenvalue weighted by Gasteiger charge is -2.20. The Hall–Kier alpha value is -4.36. The van der Waals surface area contributed by atoms with Gasteiger partial charge in [0.15, 0.2) is 0 Å². The minimum absolute atomic E-state index is 0.000484. The highest BCUT2D eigenvalue weighted by Gasteiger charge is 2.36. The maximum absolute atomic E-state index is 13.1. The lowest BCUT2D eigenvalue weighted by molar-refractivity contribution is -0.122. The zero-order chi connectivity index (χ0) is 29.2. The van der Waals surface area contributed by atoms with E-state index in [0.29, 0.717) is 44.8 Å². The Morgan fingerprint density at radius 2 is 1.93 bits per heavy atom. The molecule has 3 aromatic heterocycles. The Morgan fingerprint density at radius 1 is 1.10 bits per heavy atom. The van der Waals surface area contributed by atoms with Crippen molar-refractivity contribution in [2.45, 2.75) is 25.6 Å². The number of rotatable bonds is 4. The molecule has 0 saturated carbocycles. The van der Waals surface area contributed by atoms with Crippen molar-refractivity contribution in [1.29, 1.82) is 0 Å². The van der Waals surface area contributed by atoms with Gasteiger partial charge in [-0.05, 0) is 24.3 Å². The van der Waals surface area contributed by atoms with Crippen molar-refractivity contribution in [3.05, 3.63) is 81.5 Å². The van der Waals surface area contributed by atoms with Gasteiger partial charge >= 0.3 is 0 Å². The van der Waals surface area contributed by atoms with Crippen molar-refractivity contribution in [2.75, 3.05) is 40.3 Å². The molecule has 218 valence electrons. The minimum atomic E-state index is -0.387. The van der Waals surface area contributed by atoms with Gasteiger partial charge in [-0.25, -0.2) is 9.67 Å². The van der Waals surface area contributed by atoms with E-state index in [1.807, 2.05) is 41.3 Å². The number of fused-ring (bicyclic) bond motifs is 6. The first-order valence-corrected chi connectivity index (χ1v) is 14.6. The number of hydrogen-bond acceptors (Lipinski definition) is 9. The van der Waals surface area contributed by atoms with Crippen molar-refractivity contribution in [3.8, 4) is 16.3 Å². The number of carbonyl (C=O) groups excluding carboxylic acids is 2. The summed E-state index contributed by atoms with van der Waals surface area (Å²) >= 11 is 1.63. The fourth-order valence-electron chi connectivity index (χ4n) is 5.64. The number of hydrogen-bond donors (Lipinski definition) is 1. The molecule has 2 atom stereocenters. The third-order valence-electron chi connectivity index (χ3n) is 7.80. The van der Waals surface area contributed by atoms with E-state index in [0.717, 1.165) is 21.2 Å². The highest BCUT2D eigenvalue weighted by atomic mass is 32.1. The summed E-state index contributed by atoms with van der Waals surface area (Å²) in [7, 11) is 3.29. The average molecular weight is 589 g/mol. The van der Waals surface area contributed by atoms with Gasteiger partial charge in [-0.1, -0.05) is 17.3 Å². The molecule has 1 N–H and O–H groups in total. The van der Waals surface area contributed by atoms with Crippen LogP contribution < -0.4 is 15.6 Å². The van der Waals surface area contributed by atoms with Crippen LogP contribution >= 0.6 is 11.3 Å². The summed E-state index contributed by atoms with van der Waals surface area (Å²) in [4.78, 5) is 48.6. The third kappa shape index (κ3) is 5.70. The Balaban J connectivity index is 1.24. The zero-order valence-electron chi connectivity index (χ0n) is 23.5. The fraction of sp³-hybridized carbons (Fsp3) is 0.379. The number of thiazole rings is 1. The number of pyridine rings is 1. The number of para-hydroxylation sites is 1. The summed E-state index contributed by atoms with van der Waals surface area (Å²) < 4.78 is 8.81. The standard InChI is InChI=1S/C29H32N8O4S/c1-34-11-9-30-26(38)12-19-14-35(17-21-13-31-27(42-21)22-6-3-4-8-25(22)41-2)18-24(19)37-16-20(32-33-37)15-36-10-5-7-23(28(34)39)29(36)40/h3-8,10,13,16,19,24H,9,11-12,14-15,17-18H2,1-2H3,(H,30,38)/t19-,24+/m0/s1. The lowest BCUT2D eigenvalue weighted by Crippen LogP contribution is -2.39. The molecule has 1 fully saturated rings. The first-order valence-electron chi connectivity index (χ1n) is 13.8. The number of carbonyl (C=O) groups is 2.